The van der Waals surface area contributed by atoms with Gasteiger partial charge in [0.2, 0.25) is 0 Å². The Bertz CT molecular complexity index is 533. The molecular formula is C28H50O3. The number of ether oxygens (including phenoxy) is 1. The maximum atomic E-state index is 12.9. The molecule has 0 bridgehead atoms. The van der Waals surface area contributed by atoms with E-state index in [9.17, 15) is 9.59 Å². The first-order valence-electron chi connectivity index (χ1n) is 13.1. The summed E-state index contributed by atoms with van der Waals surface area (Å²) in [5.74, 6) is 3.61. The van der Waals surface area contributed by atoms with E-state index in [1.165, 1.54) is 51.4 Å². The molecule has 2 aliphatic carbocycles. The normalized spacial score (nSPS) is 28.1. The lowest BCUT2D eigenvalue weighted by Crippen LogP contribution is -2.37. The van der Waals surface area contributed by atoms with Crippen LogP contribution in [0.2, 0.25) is 0 Å². The Morgan fingerprint density at radius 1 is 0.645 bits per heavy atom. The van der Waals surface area contributed by atoms with Gasteiger partial charge in [-0.05, 0) is 102 Å². The third-order valence-electron chi connectivity index (χ3n) is 8.56. The number of hydrogen-bond donors (Lipinski definition) is 0. The highest BCUT2D eigenvalue weighted by molar-refractivity contribution is 5.90. The van der Waals surface area contributed by atoms with Crippen molar-refractivity contribution in [1.82, 2.24) is 0 Å². The zero-order chi connectivity index (χ0) is 23.4. The number of esters is 2. The minimum absolute atomic E-state index is 0.333. The first-order valence-corrected chi connectivity index (χ1v) is 13.1. The highest BCUT2D eigenvalue weighted by Gasteiger charge is 2.40. The molecule has 0 aliphatic heterocycles. The van der Waals surface area contributed by atoms with Gasteiger partial charge in [0.15, 0.2) is 0 Å². The molecule has 3 heteroatoms. The molecule has 2 saturated carbocycles. The largest absolute Gasteiger partial charge is 0.392 e. The summed E-state index contributed by atoms with van der Waals surface area (Å²) in [5.41, 5.74) is -1.20. The van der Waals surface area contributed by atoms with Crippen LogP contribution >= 0.6 is 0 Å². The van der Waals surface area contributed by atoms with Gasteiger partial charge in [-0.15, -0.1) is 0 Å². The SMILES string of the molecule is CC(C)[C@H]1CC[C@H](CC(C)(C)C(=O)OC(=O)C(C)(C)C[C@H]2CC[C@H](C(C)C)CC2)CC1. The lowest BCUT2D eigenvalue weighted by Gasteiger charge is -2.36. The van der Waals surface area contributed by atoms with Crippen molar-refractivity contribution >= 4 is 11.9 Å². The van der Waals surface area contributed by atoms with E-state index >= 15 is 0 Å². The van der Waals surface area contributed by atoms with Crippen LogP contribution < -0.4 is 0 Å². The monoisotopic (exact) mass is 434 g/mol. The van der Waals surface area contributed by atoms with E-state index in [4.69, 9.17) is 4.74 Å². The van der Waals surface area contributed by atoms with Crippen molar-refractivity contribution in [1.29, 1.82) is 0 Å². The van der Waals surface area contributed by atoms with E-state index in [2.05, 4.69) is 27.7 Å². The van der Waals surface area contributed by atoms with Crippen LogP contribution in [0.1, 0.15) is 120 Å². The Balaban J connectivity index is 1.83. The Hall–Kier alpha value is -0.860. The molecule has 0 aromatic rings. The molecule has 3 nitrogen and oxygen atoms in total. The molecule has 0 atom stereocenters. The van der Waals surface area contributed by atoms with Crippen molar-refractivity contribution in [2.45, 2.75) is 120 Å². The summed E-state index contributed by atoms with van der Waals surface area (Å²) in [4.78, 5) is 25.9. The average molecular weight is 435 g/mol. The van der Waals surface area contributed by atoms with Gasteiger partial charge in [-0.3, -0.25) is 9.59 Å². The van der Waals surface area contributed by atoms with Crippen LogP contribution in [-0.2, 0) is 14.3 Å². The van der Waals surface area contributed by atoms with Crippen LogP contribution in [0.5, 0.6) is 0 Å². The summed E-state index contributed by atoms with van der Waals surface area (Å²) < 4.78 is 5.50. The zero-order valence-corrected chi connectivity index (χ0v) is 21.8. The number of hydrogen-bond acceptors (Lipinski definition) is 3. The minimum Gasteiger partial charge on any atom is -0.392 e. The molecule has 0 N–H and O–H groups in total. The van der Waals surface area contributed by atoms with Gasteiger partial charge < -0.3 is 4.74 Å². The minimum atomic E-state index is -0.601. The molecule has 0 saturated heterocycles. The van der Waals surface area contributed by atoms with Crippen molar-refractivity contribution in [2.24, 2.45) is 46.3 Å². The van der Waals surface area contributed by atoms with Gasteiger partial charge in [0.05, 0.1) is 10.8 Å². The maximum Gasteiger partial charge on any atom is 0.319 e. The molecule has 0 aromatic heterocycles. The molecule has 0 amide bonds. The number of rotatable bonds is 8. The molecular weight excluding hydrogens is 384 g/mol. The summed E-state index contributed by atoms with van der Waals surface area (Å²) in [6, 6.07) is 0. The summed E-state index contributed by atoms with van der Waals surface area (Å²) in [6.45, 7) is 17.1. The summed E-state index contributed by atoms with van der Waals surface area (Å²) in [7, 11) is 0. The fourth-order valence-corrected chi connectivity index (χ4v) is 6.09. The quantitative estimate of drug-likeness (QED) is 0.289. The number of carbonyl (C=O) groups excluding carboxylic acids is 2. The Morgan fingerprint density at radius 3 is 1.19 bits per heavy atom. The Labute approximate surface area is 192 Å². The molecule has 0 spiro atoms. The first kappa shape index (κ1) is 26.4. The van der Waals surface area contributed by atoms with Crippen LogP contribution in [0, 0.1) is 46.3 Å². The van der Waals surface area contributed by atoms with E-state index in [1.807, 2.05) is 27.7 Å². The van der Waals surface area contributed by atoms with Crippen LogP contribution in [-0.4, -0.2) is 11.9 Å². The fourth-order valence-electron chi connectivity index (χ4n) is 6.09. The molecule has 0 radical (unpaired) electrons. The second-order valence-corrected chi connectivity index (χ2v) is 12.9. The lowest BCUT2D eigenvalue weighted by atomic mass is 9.71. The summed E-state index contributed by atoms with van der Waals surface area (Å²) in [6.07, 6.45) is 11.5. The van der Waals surface area contributed by atoms with E-state index in [0.717, 1.165) is 36.5 Å². The topological polar surface area (TPSA) is 43.4 Å². The van der Waals surface area contributed by atoms with E-state index in [0.29, 0.717) is 11.8 Å². The third kappa shape index (κ3) is 7.60. The van der Waals surface area contributed by atoms with Crippen molar-refractivity contribution in [2.75, 3.05) is 0 Å². The zero-order valence-electron chi connectivity index (χ0n) is 21.8. The smallest absolute Gasteiger partial charge is 0.319 e. The predicted octanol–water partition coefficient (Wildman–Crippen LogP) is 7.81. The van der Waals surface area contributed by atoms with Gasteiger partial charge in [-0.25, -0.2) is 0 Å². The van der Waals surface area contributed by atoms with E-state index in [1.54, 1.807) is 0 Å². The van der Waals surface area contributed by atoms with Gasteiger partial charge in [0, 0.05) is 0 Å². The van der Waals surface area contributed by atoms with Gasteiger partial charge in [0.25, 0.3) is 0 Å². The highest BCUT2D eigenvalue weighted by atomic mass is 16.6. The van der Waals surface area contributed by atoms with Crippen LogP contribution in [0.4, 0.5) is 0 Å². The number of carbonyl (C=O) groups is 2. The molecule has 2 rings (SSSR count). The second kappa shape index (κ2) is 10.8. The lowest BCUT2D eigenvalue weighted by molar-refractivity contribution is -0.173. The van der Waals surface area contributed by atoms with Crippen molar-refractivity contribution in [3.05, 3.63) is 0 Å². The molecule has 0 unspecified atom stereocenters. The first-order chi connectivity index (χ1) is 14.3. The maximum absolute atomic E-state index is 12.9. The molecule has 180 valence electrons. The van der Waals surface area contributed by atoms with Crippen molar-refractivity contribution in [3.63, 3.8) is 0 Å². The van der Waals surface area contributed by atoms with Crippen LogP contribution in [0.15, 0.2) is 0 Å². The van der Waals surface area contributed by atoms with E-state index < -0.39 is 10.8 Å². The van der Waals surface area contributed by atoms with Crippen molar-refractivity contribution < 1.29 is 14.3 Å². The molecule has 0 heterocycles. The van der Waals surface area contributed by atoms with Gasteiger partial charge in [-0.2, -0.15) is 0 Å². The van der Waals surface area contributed by atoms with Gasteiger partial charge in [0.1, 0.15) is 0 Å². The molecule has 2 aliphatic rings. The van der Waals surface area contributed by atoms with Gasteiger partial charge >= 0.3 is 11.9 Å². The molecule has 31 heavy (non-hydrogen) atoms. The van der Waals surface area contributed by atoms with Crippen molar-refractivity contribution in [3.8, 4) is 0 Å². The van der Waals surface area contributed by atoms with E-state index in [-0.39, 0.29) is 11.9 Å². The Morgan fingerprint density at radius 2 is 0.935 bits per heavy atom. The Kier molecular flexibility index (Phi) is 9.23. The summed E-state index contributed by atoms with van der Waals surface area (Å²) in [5, 5.41) is 0. The fraction of sp³-hybridized carbons (Fsp3) is 0.929. The standard InChI is InChI=1S/C28H50O3/c1-19(2)23-13-9-21(10-14-23)17-27(5,6)25(29)31-26(30)28(7,8)18-22-11-15-24(16-12-22)20(3)4/h19-24H,9-18H2,1-8H3/t21-,22-,23-,24-. The van der Waals surface area contributed by atoms with Gasteiger partial charge in [-0.1, -0.05) is 53.4 Å². The molecule has 2 fully saturated rings. The second-order valence-electron chi connectivity index (χ2n) is 12.9. The highest BCUT2D eigenvalue weighted by Crippen LogP contribution is 2.41. The third-order valence-corrected chi connectivity index (χ3v) is 8.56. The average Bonchev–Trinajstić information content (AvgIpc) is 2.68. The van der Waals surface area contributed by atoms with Crippen LogP contribution in [0.25, 0.3) is 0 Å². The van der Waals surface area contributed by atoms with Crippen LogP contribution in [0.3, 0.4) is 0 Å². The molecule has 0 aromatic carbocycles. The summed E-state index contributed by atoms with van der Waals surface area (Å²) >= 11 is 0. The predicted molar refractivity (Wildman–Crippen MR) is 128 cm³/mol.